The molecular weight excluding hydrogens is 322 g/mol. The highest BCUT2D eigenvalue weighted by atomic mass is 79.9. The fourth-order valence-electron chi connectivity index (χ4n) is 2.44. The summed E-state index contributed by atoms with van der Waals surface area (Å²) in [4.78, 5) is 25.1. The van der Waals surface area contributed by atoms with Crippen LogP contribution in [-0.2, 0) is 4.79 Å². The summed E-state index contributed by atoms with van der Waals surface area (Å²) in [5.74, 6) is -0.776. The Hall–Kier alpha value is -1.20. The number of ketones is 1. The standard InChI is InChI=1S/C15H18BrNO3/c16-13-3-1-11(2-4-13)14(18)7-10-17-8-5-12(6-9-17)15(19)20/h1-4,12H,5-10H2,(H,19,20). The van der Waals surface area contributed by atoms with Crippen molar-refractivity contribution in [2.24, 2.45) is 5.92 Å². The van der Waals surface area contributed by atoms with Crippen molar-refractivity contribution in [2.75, 3.05) is 19.6 Å². The van der Waals surface area contributed by atoms with Crippen LogP contribution in [0.25, 0.3) is 0 Å². The topological polar surface area (TPSA) is 57.6 Å². The molecular formula is C15H18BrNO3. The molecule has 1 aliphatic heterocycles. The van der Waals surface area contributed by atoms with E-state index in [9.17, 15) is 9.59 Å². The Morgan fingerprint density at radius 2 is 1.80 bits per heavy atom. The highest BCUT2D eigenvalue weighted by molar-refractivity contribution is 9.10. The number of hydrogen-bond acceptors (Lipinski definition) is 3. The van der Waals surface area contributed by atoms with Gasteiger partial charge in [0.25, 0.3) is 0 Å². The van der Waals surface area contributed by atoms with Gasteiger partial charge in [0, 0.05) is 23.0 Å². The van der Waals surface area contributed by atoms with Crippen molar-refractivity contribution in [1.82, 2.24) is 4.90 Å². The van der Waals surface area contributed by atoms with E-state index < -0.39 is 5.97 Å². The van der Waals surface area contributed by atoms with Crippen molar-refractivity contribution < 1.29 is 14.7 Å². The maximum absolute atomic E-state index is 12.0. The zero-order chi connectivity index (χ0) is 14.5. The van der Waals surface area contributed by atoms with Gasteiger partial charge in [-0.15, -0.1) is 0 Å². The first kappa shape index (κ1) is 15.2. The fraction of sp³-hybridized carbons (Fsp3) is 0.467. The zero-order valence-corrected chi connectivity index (χ0v) is 12.8. The van der Waals surface area contributed by atoms with Gasteiger partial charge in [0.1, 0.15) is 0 Å². The van der Waals surface area contributed by atoms with Gasteiger partial charge < -0.3 is 10.0 Å². The lowest BCUT2D eigenvalue weighted by atomic mass is 9.97. The van der Waals surface area contributed by atoms with Crippen LogP contribution in [-0.4, -0.2) is 41.4 Å². The molecule has 0 aromatic heterocycles. The van der Waals surface area contributed by atoms with Crippen molar-refractivity contribution in [3.63, 3.8) is 0 Å². The summed E-state index contributed by atoms with van der Waals surface area (Å²) >= 11 is 3.35. The van der Waals surface area contributed by atoms with E-state index in [0.29, 0.717) is 25.8 Å². The van der Waals surface area contributed by atoms with Crippen molar-refractivity contribution in [3.8, 4) is 0 Å². The van der Waals surface area contributed by atoms with Crippen molar-refractivity contribution in [1.29, 1.82) is 0 Å². The summed E-state index contributed by atoms with van der Waals surface area (Å²) in [7, 11) is 0. The molecule has 20 heavy (non-hydrogen) atoms. The van der Waals surface area contributed by atoms with E-state index in [1.54, 1.807) is 0 Å². The average molecular weight is 340 g/mol. The van der Waals surface area contributed by atoms with E-state index in [4.69, 9.17) is 5.11 Å². The normalized spacial score (nSPS) is 17.1. The summed E-state index contributed by atoms with van der Waals surface area (Å²) < 4.78 is 0.963. The van der Waals surface area contributed by atoms with E-state index in [2.05, 4.69) is 20.8 Å². The molecule has 5 heteroatoms. The van der Waals surface area contributed by atoms with Gasteiger partial charge in [0.2, 0.25) is 0 Å². The van der Waals surface area contributed by atoms with Crippen LogP contribution in [0.3, 0.4) is 0 Å². The molecule has 1 aromatic rings. The smallest absolute Gasteiger partial charge is 0.306 e. The van der Waals surface area contributed by atoms with Gasteiger partial charge in [0.15, 0.2) is 5.78 Å². The van der Waals surface area contributed by atoms with Crippen molar-refractivity contribution in [3.05, 3.63) is 34.3 Å². The highest BCUT2D eigenvalue weighted by Crippen LogP contribution is 2.18. The number of carboxylic acid groups (broad SMARTS) is 1. The number of likely N-dealkylation sites (tertiary alicyclic amines) is 1. The molecule has 0 amide bonds. The minimum absolute atomic E-state index is 0.137. The van der Waals surface area contributed by atoms with Crippen LogP contribution in [0, 0.1) is 5.92 Å². The second-order valence-corrected chi connectivity index (χ2v) is 6.05. The lowest BCUT2D eigenvalue weighted by Crippen LogP contribution is -2.37. The van der Waals surface area contributed by atoms with Gasteiger partial charge in [0.05, 0.1) is 5.92 Å². The van der Waals surface area contributed by atoms with Gasteiger partial charge in [-0.1, -0.05) is 28.1 Å². The van der Waals surface area contributed by atoms with E-state index in [0.717, 1.165) is 23.1 Å². The first-order valence-electron chi connectivity index (χ1n) is 6.80. The van der Waals surface area contributed by atoms with Gasteiger partial charge in [-0.3, -0.25) is 9.59 Å². The molecule has 0 unspecified atom stereocenters. The monoisotopic (exact) mass is 339 g/mol. The Morgan fingerprint density at radius 1 is 1.20 bits per heavy atom. The quantitative estimate of drug-likeness (QED) is 0.838. The summed E-state index contributed by atoms with van der Waals surface area (Å²) in [6, 6.07) is 7.38. The van der Waals surface area contributed by atoms with E-state index in [1.807, 2.05) is 24.3 Å². The number of nitrogens with zero attached hydrogens (tertiary/aromatic N) is 1. The molecule has 2 rings (SSSR count). The second kappa shape index (κ2) is 6.99. The number of hydrogen-bond donors (Lipinski definition) is 1. The molecule has 1 heterocycles. The Labute approximate surface area is 126 Å². The van der Waals surface area contributed by atoms with E-state index in [-0.39, 0.29) is 11.7 Å². The summed E-state index contributed by atoms with van der Waals surface area (Å²) in [6.07, 6.45) is 1.85. The first-order chi connectivity index (χ1) is 9.56. The van der Waals surface area contributed by atoms with Crippen LogP contribution in [0.5, 0.6) is 0 Å². The first-order valence-corrected chi connectivity index (χ1v) is 7.59. The summed E-state index contributed by atoms with van der Waals surface area (Å²) in [5.41, 5.74) is 0.730. The fourth-order valence-corrected chi connectivity index (χ4v) is 2.71. The molecule has 0 saturated carbocycles. The zero-order valence-electron chi connectivity index (χ0n) is 11.2. The number of piperidine rings is 1. The number of carboxylic acids is 1. The van der Waals surface area contributed by atoms with E-state index >= 15 is 0 Å². The average Bonchev–Trinajstić information content (AvgIpc) is 2.46. The Balaban J connectivity index is 1.77. The third-order valence-electron chi connectivity index (χ3n) is 3.76. The SMILES string of the molecule is O=C(CCN1CCC(C(=O)O)CC1)c1ccc(Br)cc1. The second-order valence-electron chi connectivity index (χ2n) is 5.13. The molecule has 1 aromatic carbocycles. The molecule has 0 atom stereocenters. The minimum atomic E-state index is -0.699. The molecule has 1 aliphatic rings. The lowest BCUT2D eigenvalue weighted by Gasteiger charge is -2.29. The minimum Gasteiger partial charge on any atom is -0.481 e. The van der Waals surface area contributed by atoms with Crippen LogP contribution in [0.1, 0.15) is 29.6 Å². The van der Waals surface area contributed by atoms with Crippen LogP contribution in [0.2, 0.25) is 0 Å². The van der Waals surface area contributed by atoms with Gasteiger partial charge in [-0.05, 0) is 38.1 Å². The molecule has 1 saturated heterocycles. The highest BCUT2D eigenvalue weighted by Gasteiger charge is 2.24. The van der Waals surface area contributed by atoms with Crippen molar-refractivity contribution >= 4 is 27.7 Å². The molecule has 0 bridgehead atoms. The van der Waals surface area contributed by atoms with Crippen LogP contribution in [0.4, 0.5) is 0 Å². The molecule has 1 fully saturated rings. The molecule has 108 valence electrons. The number of Topliss-reactive ketones (excluding diaryl/α,β-unsaturated/α-hetero) is 1. The van der Waals surface area contributed by atoms with Gasteiger partial charge >= 0.3 is 5.97 Å². The third-order valence-corrected chi connectivity index (χ3v) is 4.29. The Kier molecular flexibility index (Phi) is 5.31. The predicted molar refractivity (Wildman–Crippen MR) is 79.9 cm³/mol. The lowest BCUT2D eigenvalue weighted by molar-refractivity contribution is -0.143. The summed E-state index contributed by atoms with van der Waals surface area (Å²) in [6.45, 7) is 2.25. The number of aliphatic carboxylic acids is 1. The Bertz CT molecular complexity index is 478. The maximum Gasteiger partial charge on any atom is 0.306 e. The Morgan fingerprint density at radius 3 is 2.35 bits per heavy atom. The van der Waals surface area contributed by atoms with Crippen LogP contribution < -0.4 is 0 Å². The van der Waals surface area contributed by atoms with E-state index in [1.165, 1.54) is 0 Å². The number of carbonyl (C=O) groups is 2. The largest absolute Gasteiger partial charge is 0.481 e. The molecule has 4 nitrogen and oxygen atoms in total. The van der Waals surface area contributed by atoms with Crippen LogP contribution >= 0.6 is 15.9 Å². The third kappa shape index (κ3) is 4.15. The number of carbonyl (C=O) groups excluding carboxylic acids is 1. The van der Waals surface area contributed by atoms with Crippen LogP contribution in [0.15, 0.2) is 28.7 Å². The number of rotatable bonds is 5. The predicted octanol–water partition coefficient (Wildman–Crippen LogP) is 2.82. The molecule has 0 aliphatic carbocycles. The number of benzene rings is 1. The number of halogens is 1. The van der Waals surface area contributed by atoms with Crippen molar-refractivity contribution in [2.45, 2.75) is 19.3 Å². The van der Waals surface area contributed by atoms with Gasteiger partial charge in [-0.25, -0.2) is 0 Å². The maximum atomic E-state index is 12.0. The molecule has 0 radical (unpaired) electrons. The molecule has 0 spiro atoms. The molecule has 1 N–H and O–H groups in total. The summed E-state index contributed by atoms with van der Waals surface area (Å²) in [5, 5.41) is 8.94. The van der Waals surface area contributed by atoms with Gasteiger partial charge in [-0.2, -0.15) is 0 Å².